The number of nitriles is 1. The van der Waals surface area contributed by atoms with E-state index in [0.29, 0.717) is 5.00 Å². The Kier molecular flexibility index (Phi) is 3.73. The second-order valence-electron chi connectivity index (χ2n) is 6.01. The molecule has 0 bridgehead atoms. The van der Waals surface area contributed by atoms with Gasteiger partial charge < -0.3 is 10.6 Å². The van der Waals surface area contributed by atoms with Gasteiger partial charge in [-0.25, -0.2) is 8.42 Å². The molecular formula is C13H19N3O2S2. The van der Waals surface area contributed by atoms with Crippen molar-refractivity contribution >= 4 is 31.9 Å². The molecule has 2 rings (SSSR count). The lowest BCUT2D eigenvalue weighted by Crippen LogP contribution is -2.37. The van der Waals surface area contributed by atoms with Gasteiger partial charge in [-0.3, -0.25) is 0 Å². The van der Waals surface area contributed by atoms with Crippen LogP contribution in [0.25, 0.3) is 0 Å². The van der Waals surface area contributed by atoms with Crippen molar-refractivity contribution in [2.75, 3.05) is 30.0 Å². The van der Waals surface area contributed by atoms with E-state index in [9.17, 15) is 8.42 Å². The largest absolute Gasteiger partial charge is 0.396 e. The molecule has 1 aromatic rings. The Morgan fingerprint density at radius 2 is 1.90 bits per heavy atom. The molecule has 7 heteroatoms. The van der Waals surface area contributed by atoms with Crippen molar-refractivity contribution in [2.24, 2.45) is 5.41 Å². The van der Waals surface area contributed by atoms with Gasteiger partial charge in [-0.1, -0.05) is 13.8 Å². The number of rotatable bonds is 2. The molecule has 0 amide bonds. The minimum Gasteiger partial charge on any atom is -0.396 e. The first kappa shape index (κ1) is 15.1. The molecule has 0 aromatic carbocycles. The van der Waals surface area contributed by atoms with Gasteiger partial charge in [0.2, 0.25) is 0 Å². The lowest BCUT2D eigenvalue weighted by Gasteiger charge is -2.37. The lowest BCUT2D eigenvalue weighted by atomic mass is 9.83. The molecule has 0 aliphatic carbocycles. The number of hydrogen-bond acceptors (Lipinski definition) is 6. The number of piperidine rings is 1. The fourth-order valence-corrected chi connectivity index (χ4v) is 4.94. The average molecular weight is 313 g/mol. The van der Waals surface area contributed by atoms with E-state index in [4.69, 9.17) is 11.0 Å². The predicted molar refractivity (Wildman–Crippen MR) is 81.8 cm³/mol. The summed E-state index contributed by atoms with van der Waals surface area (Å²) in [6, 6.07) is 1.99. The molecule has 0 radical (unpaired) electrons. The molecule has 20 heavy (non-hydrogen) atoms. The Hall–Kier alpha value is -1.26. The van der Waals surface area contributed by atoms with Gasteiger partial charge in [0, 0.05) is 19.3 Å². The SMILES string of the molecule is CC1(C)CCN(c2sc(C#N)c(N)c2S(C)(=O)=O)CC1. The first-order valence-electron chi connectivity index (χ1n) is 6.43. The van der Waals surface area contributed by atoms with E-state index in [1.54, 1.807) is 0 Å². The van der Waals surface area contributed by atoms with Crippen LogP contribution in [0.2, 0.25) is 0 Å². The fraction of sp³-hybridized carbons (Fsp3) is 0.615. The maximum absolute atomic E-state index is 12.0. The van der Waals surface area contributed by atoms with Crippen LogP contribution >= 0.6 is 11.3 Å². The normalized spacial score (nSPS) is 18.8. The summed E-state index contributed by atoms with van der Waals surface area (Å²) in [4.78, 5) is 2.45. The monoisotopic (exact) mass is 313 g/mol. The molecule has 5 nitrogen and oxygen atoms in total. The third kappa shape index (κ3) is 2.76. The summed E-state index contributed by atoms with van der Waals surface area (Å²) in [5.74, 6) is 0. The fourth-order valence-electron chi connectivity index (χ4n) is 2.38. The van der Waals surface area contributed by atoms with E-state index in [-0.39, 0.29) is 20.9 Å². The molecule has 1 saturated heterocycles. The van der Waals surface area contributed by atoms with E-state index < -0.39 is 9.84 Å². The van der Waals surface area contributed by atoms with Gasteiger partial charge in [0.1, 0.15) is 20.8 Å². The van der Waals surface area contributed by atoms with Crippen LogP contribution in [0.4, 0.5) is 10.7 Å². The van der Waals surface area contributed by atoms with Crippen LogP contribution in [-0.2, 0) is 9.84 Å². The highest BCUT2D eigenvalue weighted by molar-refractivity contribution is 7.91. The van der Waals surface area contributed by atoms with Crippen LogP contribution in [0.5, 0.6) is 0 Å². The van der Waals surface area contributed by atoms with E-state index >= 15 is 0 Å². The van der Waals surface area contributed by atoms with Crippen LogP contribution in [0.15, 0.2) is 4.90 Å². The van der Waals surface area contributed by atoms with E-state index in [1.165, 1.54) is 11.3 Å². The minimum atomic E-state index is -3.44. The van der Waals surface area contributed by atoms with Gasteiger partial charge in [0.25, 0.3) is 0 Å². The van der Waals surface area contributed by atoms with Gasteiger partial charge in [-0.15, -0.1) is 11.3 Å². The Labute approximate surface area is 123 Å². The highest BCUT2D eigenvalue weighted by Crippen LogP contribution is 2.43. The Morgan fingerprint density at radius 3 is 2.35 bits per heavy atom. The average Bonchev–Trinajstić information content (AvgIpc) is 2.65. The maximum atomic E-state index is 12.0. The number of nitrogens with zero attached hydrogens (tertiary/aromatic N) is 2. The van der Waals surface area contributed by atoms with Crippen LogP contribution in [0.3, 0.4) is 0 Å². The van der Waals surface area contributed by atoms with Crippen molar-refractivity contribution in [3.8, 4) is 6.07 Å². The molecule has 1 aliphatic heterocycles. The smallest absolute Gasteiger partial charge is 0.180 e. The van der Waals surface area contributed by atoms with Crippen LogP contribution < -0.4 is 10.6 Å². The quantitative estimate of drug-likeness (QED) is 0.904. The highest BCUT2D eigenvalue weighted by Gasteiger charge is 2.31. The third-order valence-electron chi connectivity index (χ3n) is 3.76. The molecule has 1 aliphatic rings. The number of hydrogen-bond donors (Lipinski definition) is 1. The molecule has 0 saturated carbocycles. The van der Waals surface area contributed by atoms with Crippen molar-refractivity contribution in [1.82, 2.24) is 0 Å². The maximum Gasteiger partial charge on any atom is 0.180 e. The molecule has 0 spiro atoms. The zero-order valence-corrected chi connectivity index (χ0v) is 13.6. The molecule has 1 fully saturated rings. The lowest BCUT2D eigenvalue weighted by molar-refractivity contribution is 0.280. The first-order valence-corrected chi connectivity index (χ1v) is 9.14. The van der Waals surface area contributed by atoms with E-state index in [1.807, 2.05) is 11.0 Å². The van der Waals surface area contributed by atoms with E-state index in [0.717, 1.165) is 32.2 Å². The summed E-state index contributed by atoms with van der Waals surface area (Å²) in [5.41, 5.74) is 6.22. The molecule has 1 aromatic heterocycles. The van der Waals surface area contributed by atoms with Gasteiger partial charge in [-0.2, -0.15) is 5.26 Å². The zero-order chi connectivity index (χ0) is 15.1. The summed E-state index contributed by atoms with van der Waals surface area (Å²) in [7, 11) is -3.44. The van der Waals surface area contributed by atoms with E-state index in [2.05, 4.69) is 13.8 Å². The number of thiophene rings is 1. The standard InChI is InChI=1S/C13H19N3O2S2/c1-13(2)4-6-16(7-5-13)12-11(20(3,17)18)10(15)9(8-14)19-12/h4-7,15H2,1-3H3. The Bertz CT molecular complexity index is 659. The molecule has 2 N–H and O–H groups in total. The second kappa shape index (κ2) is 4.93. The molecule has 2 heterocycles. The number of nitrogen functional groups attached to an aromatic ring is 1. The molecule has 0 atom stereocenters. The first-order chi connectivity index (χ1) is 9.15. The topological polar surface area (TPSA) is 87.2 Å². The van der Waals surface area contributed by atoms with Gasteiger partial charge >= 0.3 is 0 Å². The number of nitrogens with two attached hydrogens (primary N) is 1. The van der Waals surface area contributed by atoms with Gasteiger partial charge in [0.05, 0.1) is 5.69 Å². The third-order valence-corrected chi connectivity index (χ3v) is 6.21. The van der Waals surface area contributed by atoms with Gasteiger partial charge in [0.15, 0.2) is 9.84 Å². The molecule has 110 valence electrons. The summed E-state index contributed by atoms with van der Waals surface area (Å²) in [6.07, 6.45) is 3.13. The number of sulfone groups is 1. The van der Waals surface area contributed by atoms with Crippen LogP contribution in [0.1, 0.15) is 31.6 Å². The van der Waals surface area contributed by atoms with Crippen LogP contribution in [0, 0.1) is 16.7 Å². The summed E-state index contributed by atoms with van der Waals surface area (Å²) < 4.78 is 23.9. The predicted octanol–water partition coefficient (Wildman–Crippen LogP) is 2.23. The van der Waals surface area contributed by atoms with Crippen LogP contribution in [-0.4, -0.2) is 27.8 Å². The summed E-state index contributed by atoms with van der Waals surface area (Å²) in [6.45, 7) is 6.01. The Morgan fingerprint density at radius 1 is 1.35 bits per heavy atom. The molecular weight excluding hydrogens is 294 g/mol. The van der Waals surface area contributed by atoms with Gasteiger partial charge in [-0.05, 0) is 18.3 Å². The zero-order valence-electron chi connectivity index (χ0n) is 11.9. The second-order valence-corrected chi connectivity index (χ2v) is 8.97. The Balaban J connectivity index is 2.46. The van der Waals surface area contributed by atoms with Crippen molar-refractivity contribution < 1.29 is 8.42 Å². The summed E-state index contributed by atoms with van der Waals surface area (Å²) in [5, 5.41) is 9.69. The highest BCUT2D eigenvalue weighted by atomic mass is 32.2. The van der Waals surface area contributed by atoms with Crippen molar-refractivity contribution in [3.63, 3.8) is 0 Å². The van der Waals surface area contributed by atoms with Crippen molar-refractivity contribution in [1.29, 1.82) is 5.26 Å². The summed E-state index contributed by atoms with van der Waals surface area (Å²) >= 11 is 1.18. The van der Waals surface area contributed by atoms with Crippen molar-refractivity contribution in [3.05, 3.63) is 4.88 Å². The van der Waals surface area contributed by atoms with Crippen molar-refractivity contribution in [2.45, 2.75) is 31.6 Å². The minimum absolute atomic E-state index is 0.0971. The number of anilines is 2. The molecule has 0 unspecified atom stereocenters.